The molecule has 3 atom stereocenters. The monoisotopic (exact) mass is 343 g/mol. The minimum atomic E-state index is -0.643. The number of nitrogens with zero attached hydrogens (tertiary/aromatic N) is 2. The molecule has 3 unspecified atom stereocenters. The Morgan fingerprint density at radius 2 is 1.96 bits per heavy atom. The molecule has 1 aliphatic heterocycles. The third-order valence-electron chi connectivity index (χ3n) is 4.31. The molecule has 1 aromatic heterocycles. The summed E-state index contributed by atoms with van der Waals surface area (Å²) in [7, 11) is 0. The second-order valence-electron chi connectivity index (χ2n) is 6.77. The molecule has 0 saturated carbocycles. The molecule has 0 radical (unpaired) electrons. The van der Waals surface area contributed by atoms with E-state index in [-0.39, 0.29) is 17.9 Å². The van der Waals surface area contributed by atoms with Gasteiger partial charge in [-0.3, -0.25) is 9.48 Å². The van der Waals surface area contributed by atoms with Crippen LogP contribution in [0.5, 0.6) is 11.5 Å². The normalized spacial score (nSPS) is 20.2. The number of ether oxygens (including phenoxy) is 2. The number of aryl methyl sites for hydroxylation is 2. The number of rotatable bonds is 5. The third-order valence-corrected chi connectivity index (χ3v) is 4.31. The van der Waals surface area contributed by atoms with E-state index in [1.54, 1.807) is 0 Å². The van der Waals surface area contributed by atoms with Crippen LogP contribution < -0.4 is 14.8 Å². The maximum Gasteiger partial charge on any atom is 0.265 e. The van der Waals surface area contributed by atoms with Crippen molar-refractivity contribution in [2.45, 2.75) is 46.4 Å². The van der Waals surface area contributed by atoms with Gasteiger partial charge in [-0.2, -0.15) is 5.10 Å². The van der Waals surface area contributed by atoms with Gasteiger partial charge in [0.05, 0.1) is 5.69 Å². The Balaban J connectivity index is 1.55. The smallest absolute Gasteiger partial charge is 0.265 e. The lowest BCUT2D eigenvalue weighted by Crippen LogP contribution is -2.49. The van der Waals surface area contributed by atoms with Crippen molar-refractivity contribution in [1.82, 2.24) is 15.1 Å². The van der Waals surface area contributed by atoms with Crippen LogP contribution in [0.4, 0.5) is 0 Å². The van der Waals surface area contributed by atoms with Crippen LogP contribution >= 0.6 is 0 Å². The Morgan fingerprint density at radius 1 is 1.28 bits per heavy atom. The van der Waals surface area contributed by atoms with Gasteiger partial charge in [-0.15, -0.1) is 0 Å². The maximum absolute atomic E-state index is 12.5. The van der Waals surface area contributed by atoms with Crippen molar-refractivity contribution in [3.8, 4) is 11.5 Å². The Morgan fingerprint density at radius 3 is 2.60 bits per heavy atom. The SMILES string of the molecule is Cc1cc(C)n(CC(C)CNC(=O)C2Oc3ccccc3OC2C)n1. The number of hydrogen-bond acceptors (Lipinski definition) is 4. The highest BCUT2D eigenvalue weighted by Gasteiger charge is 2.33. The van der Waals surface area contributed by atoms with Crippen molar-refractivity contribution in [2.24, 2.45) is 5.92 Å². The largest absolute Gasteiger partial charge is 0.482 e. The van der Waals surface area contributed by atoms with Crippen molar-refractivity contribution in [3.63, 3.8) is 0 Å². The van der Waals surface area contributed by atoms with Gasteiger partial charge in [-0.1, -0.05) is 19.1 Å². The number of aromatic nitrogens is 2. The van der Waals surface area contributed by atoms with E-state index in [1.807, 2.05) is 49.7 Å². The van der Waals surface area contributed by atoms with Gasteiger partial charge in [0.15, 0.2) is 11.5 Å². The maximum atomic E-state index is 12.5. The van der Waals surface area contributed by atoms with Crippen LogP contribution in [0, 0.1) is 19.8 Å². The molecule has 0 saturated heterocycles. The summed E-state index contributed by atoms with van der Waals surface area (Å²) in [5.74, 6) is 1.39. The van der Waals surface area contributed by atoms with Crippen molar-refractivity contribution in [2.75, 3.05) is 6.54 Å². The molecule has 0 fully saturated rings. The van der Waals surface area contributed by atoms with Gasteiger partial charge in [0.1, 0.15) is 6.10 Å². The molecule has 1 aliphatic rings. The number of carbonyl (C=O) groups is 1. The Hall–Kier alpha value is -2.50. The number of benzene rings is 1. The number of hydrogen-bond donors (Lipinski definition) is 1. The van der Waals surface area contributed by atoms with E-state index in [9.17, 15) is 4.79 Å². The molecule has 2 aromatic rings. The molecule has 3 rings (SSSR count). The first kappa shape index (κ1) is 17.3. The zero-order valence-electron chi connectivity index (χ0n) is 15.2. The zero-order valence-corrected chi connectivity index (χ0v) is 15.2. The van der Waals surface area contributed by atoms with Crippen LogP contribution in [0.3, 0.4) is 0 Å². The van der Waals surface area contributed by atoms with Gasteiger partial charge in [0.2, 0.25) is 6.10 Å². The highest BCUT2D eigenvalue weighted by atomic mass is 16.6. The average Bonchev–Trinajstić information content (AvgIpc) is 2.89. The predicted octanol–water partition coefficient (Wildman–Crippen LogP) is 2.48. The summed E-state index contributed by atoms with van der Waals surface area (Å²) in [5, 5.41) is 7.44. The fraction of sp³-hybridized carbons (Fsp3) is 0.474. The van der Waals surface area contributed by atoms with Crippen LogP contribution in [0.15, 0.2) is 30.3 Å². The average molecular weight is 343 g/mol. The molecule has 1 N–H and O–H groups in total. The zero-order chi connectivity index (χ0) is 18.0. The molecular weight excluding hydrogens is 318 g/mol. The predicted molar refractivity (Wildman–Crippen MR) is 94.8 cm³/mol. The van der Waals surface area contributed by atoms with Crippen LogP contribution in [0.1, 0.15) is 25.2 Å². The lowest BCUT2D eigenvalue weighted by molar-refractivity contribution is -0.133. The first-order chi connectivity index (χ1) is 11.9. The van der Waals surface area contributed by atoms with E-state index < -0.39 is 6.10 Å². The molecular formula is C19H25N3O3. The number of carbonyl (C=O) groups excluding carboxylic acids is 1. The first-order valence-electron chi connectivity index (χ1n) is 8.65. The lowest BCUT2D eigenvalue weighted by atomic mass is 10.1. The molecule has 1 amide bonds. The van der Waals surface area contributed by atoms with Crippen molar-refractivity contribution < 1.29 is 14.3 Å². The van der Waals surface area contributed by atoms with Crippen molar-refractivity contribution in [1.29, 1.82) is 0 Å². The van der Waals surface area contributed by atoms with Gasteiger partial charge in [0.25, 0.3) is 5.91 Å². The number of fused-ring (bicyclic) bond motifs is 1. The van der Waals surface area contributed by atoms with Crippen molar-refractivity contribution >= 4 is 5.91 Å². The summed E-state index contributed by atoms with van der Waals surface area (Å²) in [6, 6.07) is 9.46. The van der Waals surface area contributed by atoms with Gasteiger partial charge in [0, 0.05) is 18.8 Å². The van der Waals surface area contributed by atoms with Crippen LogP contribution in [0.2, 0.25) is 0 Å². The van der Waals surface area contributed by atoms with Gasteiger partial charge < -0.3 is 14.8 Å². The van der Waals surface area contributed by atoms with E-state index in [0.717, 1.165) is 17.9 Å². The summed E-state index contributed by atoms with van der Waals surface area (Å²) in [4.78, 5) is 12.5. The summed E-state index contributed by atoms with van der Waals surface area (Å²) in [5.41, 5.74) is 2.14. The quantitative estimate of drug-likeness (QED) is 0.906. The summed E-state index contributed by atoms with van der Waals surface area (Å²) >= 11 is 0. The molecule has 0 spiro atoms. The molecule has 25 heavy (non-hydrogen) atoms. The topological polar surface area (TPSA) is 65.4 Å². The second kappa shape index (κ2) is 7.17. The number of para-hydroxylation sites is 2. The van der Waals surface area contributed by atoms with E-state index >= 15 is 0 Å². The Kier molecular flexibility index (Phi) is 4.97. The molecule has 6 heteroatoms. The molecule has 134 valence electrons. The highest BCUT2D eigenvalue weighted by molar-refractivity contribution is 5.82. The fourth-order valence-electron chi connectivity index (χ4n) is 3.00. The summed E-state index contributed by atoms with van der Waals surface area (Å²) in [6.07, 6.45) is -0.975. The second-order valence-corrected chi connectivity index (χ2v) is 6.77. The molecule has 1 aromatic carbocycles. The van der Waals surface area contributed by atoms with Crippen LogP contribution in [0.25, 0.3) is 0 Å². The van der Waals surface area contributed by atoms with E-state index in [2.05, 4.69) is 23.4 Å². The summed E-state index contributed by atoms with van der Waals surface area (Å²) < 4.78 is 13.6. The minimum Gasteiger partial charge on any atom is -0.482 e. The number of amides is 1. The third kappa shape index (κ3) is 3.95. The van der Waals surface area contributed by atoms with E-state index in [0.29, 0.717) is 18.0 Å². The Labute approximate surface area is 148 Å². The highest BCUT2D eigenvalue weighted by Crippen LogP contribution is 2.33. The van der Waals surface area contributed by atoms with Gasteiger partial charge in [-0.05, 0) is 44.9 Å². The summed E-state index contributed by atoms with van der Waals surface area (Å²) in [6.45, 7) is 9.28. The lowest BCUT2D eigenvalue weighted by Gasteiger charge is -2.31. The van der Waals surface area contributed by atoms with Gasteiger partial charge >= 0.3 is 0 Å². The fourth-order valence-corrected chi connectivity index (χ4v) is 3.00. The van der Waals surface area contributed by atoms with Gasteiger partial charge in [-0.25, -0.2) is 0 Å². The first-order valence-corrected chi connectivity index (χ1v) is 8.65. The molecule has 2 heterocycles. The van der Waals surface area contributed by atoms with E-state index in [4.69, 9.17) is 9.47 Å². The molecule has 0 aliphatic carbocycles. The van der Waals surface area contributed by atoms with E-state index in [1.165, 1.54) is 0 Å². The van der Waals surface area contributed by atoms with Crippen LogP contribution in [-0.4, -0.2) is 34.4 Å². The standard InChI is InChI=1S/C19H25N3O3/c1-12(11-22-14(3)9-13(2)21-22)10-20-19(23)18-15(4)24-16-7-5-6-8-17(16)25-18/h5-9,12,15,18H,10-11H2,1-4H3,(H,20,23). The Bertz CT molecular complexity index is 756. The molecule has 6 nitrogen and oxygen atoms in total. The minimum absolute atomic E-state index is 0.151. The molecule has 0 bridgehead atoms. The van der Waals surface area contributed by atoms with Crippen LogP contribution in [-0.2, 0) is 11.3 Å². The number of nitrogens with one attached hydrogen (secondary N) is 1. The van der Waals surface area contributed by atoms with Crippen molar-refractivity contribution in [3.05, 3.63) is 41.7 Å².